The summed E-state index contributed by atoms with van der Waals surface area (Å²) in [6.45, 7) is 2.09. The van der Waals surface area contributed by atoms with Crippen molar-refractivity contribution in [3.8, 4) is 0 Å². The van der Waals surface area contributed by atoms with Crippen molar-refractivity contribution in [1.29, 1.82) is 0 Å². The predicted octanol–water partition coefficient (Wildman–Crippen LogP) is 2.34. The monoisotopic (exact) mass is 268 g/mol. The van der Waals surface area contributed by atoms with Crippen molar-refractivity contribution in [2.75, 3.05) is 20.3 Å². The molecule has 0 unspecified atom stereocenters. The van der Waals surface area contributed by atoms with E-state index in [0.717, 1.165) is 31.6 Å². The Bertz CT molecular complexity index is 461. The predicted molar refractivity (Wildman–Crippen MR) is 68.4 cm³/mol. The summed E-state index contributed by atoms with van der Waals surface area (Å²) < 4.78 is 18.8. The third kappa shape index (κ3) is 3.48. The first-order valence-electron chi connectivity index (χ1n) is 6.28. The Kier molecular flexibility index (Phi) is 4.44. The summed E-state index contributed by atoms with van der Waals surface area (Å²) in [6, 6.07) is 4.50. The summed E-state index contributed by atoms with van der Waals surface area (Å²) >= 11 is 0. The molecule has 1 aromatic carbocycles. The molecule has 6 heteroatoms. The van der Waals surface area contributed by atoms with Crippen LogP contribution in [0.15, 0.2) is 18.2 Å². The molecule has 1 saturated heterocycles. The first-order chi connectivity index (χ1) is 9.08. The van der Waals surface area contributed by atoms with Gasteiger partial charge in [0.25, 0.3) is 0 Å². The quantitative estimate of drug-likeness (QED) is 0.621. The van der Waals surface area contributed by atoms with Crippen molar-refractivity contribution >= 4 is 5.69 Å². The topological polar surface area (TPSA) is 55.6 Å². The van der Waals surface area contributed by atoms with Gasteiger partial charge in [0.15, 0.2) is 0 Å². The number of benzene rings is 1. The fourth-order valence-electron chi connectivity index (χ4n) is 2.34. The zero-order valence-corrected chi connectivity index (χ0v) is 10.8. The summed E-state index contributed by atoms with van der Waals surface area (Å²) in [5.74, 6) is -0.775. The Hall–Kier alpha value is -1.53. The highest BCUT2D eigenvalue weighted by atomic mass is 19.1. The first kappa shape index (κ1) is 13.9. The molecule has 1 heterocycles. The van der Waals surface area contributed by atoms with Gasteiger partial charge in [-0.25, -0.2) is 0 Å². The van der Waals surface area contributed by atoms with Crippen molar-refractivity contribution in [2.45, 2.75) is 25.4 Å². The zero-order chi connectivity index (χ0) is 13.8. The van der Waals surface area contributed by atoms with Crippen molar-refractivity contribution < 1.29 is 14.1 Å². The van der Waals surface area contributed by atoms with E-state index < -0.39 is 16.4 Å². The highest BCUT2D eigenvalue weighted by Gasteiger charge is 2.19. The lowest BCUT2D eigenvalue weighted by Gasteiger charge is -2.31. The van der Waals surface area contributed by atoms with Crippen LogP contribution in [0.5, 0.6) is 0 Å². The molecule has 0 aromatic heterocycles. The molecule has 1 aromatic rings. The van der Waals surface area contributed by atoms with Gasteiger partial charge in [-0.3, -0.25) is 15.0 Å². The van der Waals surface area contributed by atoms with Gasteiger partial charge in [0.05, 0.1) is 4.92 Å². The molecule has 1 fully saturated rings. The summed E-state index contributed by atoms with van der Waals surface area (Å²) in [6.07, 6.45) is 1.93. The molecule has 19 heavy (non-hydrogen) atoms. The maximum atomic E-state index is 13.5. The van der Waals surface area contributed by atoms with Crippen LogP contribution in [0.25, 0.3) is 0 Å². The summed E-state index contributed by atoms with van der Waals surface area (Å²) in [5, 5.41) is 10.5. The summed E-state index contributed by atoms with van der Waals surface area (Å²) in [4.78, 5) is 12.0. The first-order valence-corrected chi connectivity index (χ1v) is 6.28. The van der Waals surface area contributed by atoms with Crippen LogP contribution in [0.2, 0.25) is 0 Å². The second kappa shape index (κ2) is 6.08. The average molecular weight is 268 g/mol. The van der Waals surface area contributed by atoms with Crippen LogP contribution in [0, 0.1) is 15.9 Å². The van der Waals surface area contributed by atoms with Gasteiger partial charge in [-0.2, -0.15) is 4.39 Å². The minimum absolute atomic E-state index is 0.423. The molecule has 0 radical (unpaired) electrons. The van der Waals surface area contributed by atoms with Crippen molar-refractivity contribution in [1.82, 2.24) is 4.90 Å². The molecule has 2 rings (SSSR count). The van der Waals surface area contributed by atoms with Crippen molar-refractivity contribution in [2.24, 2.45) is 0 Å². The molecule has 0 N–H and O–H groups in total. The third-order valence-corrected chi connectivity index (χ3v) is 3.45. The van der Waals surface area contributed by atoms with Gasteiger partial charge in [-0.05, 0) is 31.5 Å². The van der Waals surface area contributed by atoms with Crippen LogP contribution in [-0.4, -0.2) is 36.1 Å². The van der Waals surface area contributed by atoms with Gasteiger partial charge in [-0.15, -0.1) is 0 Å². The number of ether oxygens (including phenoxy) is 1. The molecule has 1 aliphatic rings. The minimum Gasteiger partial charge on any atom is -0.381 e. The normalized spacial score (nSPS) is 16.8. The van der Waals surface area contributed by atoms with E-state index in [2.05, 4.69) is 4.90 Å². The van der Waals surface area contributed by atoms with Gasteiger partial charge in [0.1, 0.15) is 0 Å². The number of halogens is 1. The molecular weight excluding hydrogens is 251 g/mol. The second-order valence-corrected chi connectivity index (χ2v) is 4.80. The number of nitro benzene ring substituents is 1. The molecule has 0 amide bonds. The number of hydrogen-bond acceptors (Lipinski definition) is 4. The van der Waals surface area contributed by atoms with Crippen LogP contribution in [-0.2, 0) is 11.3 Å². The molecule has 5 nitrogen and oxygen atoms in total. The largest absolute Gasteiger partial charge is 0.381 e. The Morgan fingerprint density at radius 3 is 2.74 bits per heavy atom. The SMILES string of the molecule is CN(Cc1ccc([N+](=O)[O-])c(F)c1)C1CCOCC1. The minimum atomic E-state index is -0.775. The second-order valence-electron chi connectivity index (χ2n) is 4.80. The molecule has 104 valence electrons. The van der Waals surface area contributed by atoms with Gasteiger partial charge in [0, 0.05) is 31.9 Å². The third-order valence-electron chi connectivity index (χ3n) is 3.45. The fraction of sp³-hybridized carbons (Fsp3) is 0.538. The van der Waals surface area contributed by atoms with E-state index in [9.17, 15) is 14.5 Å². The summed E-state index contributed by atoms with van der Waals surface area (Å²) in [7, 11) is 1.98. The lowest BCUT2D eigenvalue weighted by Crippen LogP contribution is -2.36. The number of rotatable bonds is 4. The Morgan fingerprint density at radius 1 is 1.47 bits per heavy atom. The van der Waals surface area contributed by atoms with Crippen LogP contribution < -0.4 is 0 Å². The van der Waals surface area contributed by atoms with Gasteiger partial charge in [0.2, 0.25) is 5.82 Å². The molecule has 1 aliphatic heterocycles. The van der Waals surface area contributed by atoms with E-state index in [4.69, 9.17) is 4.74 Å². The Balaban J connectivity index is 2.02. The average Bonchev–Trinajstić information content (AvgIpc) is 2.39. The molecule has 0 atom stereocenters. The van der Waals surface area contributed by atoms with Gasteiger partial charge < -0.3 is 4.74 Å². The maximum Gasteiger partial charge on any atom is 0.304 e. The van der Waals surface area contributed by atoms with E-state index in [0.29, 0.717) is 12.6 Å². The molecule has 0 saturated carbocycles. The number of nitrogens with zero attached hydrogens (tertiary/aromatic N) is 2. The molecule has 0 bridgehead atoms. The van der Waals surface area contributed by atoms with E-state index >= 15 is 0 Å². The highest BCUT2D eigenvalue weighted by molar-refractivity contribution is 5.34. The lowest BCUT2D eigenvalue weighted by molar-refractivity contribution is -0.387. The number of hydrogen-bond donors (Lipinski definition) is 0. The van der Waals surface area contributed by atoms with Crippen LogP contribution >= 0.6 is 0 Å². The Morgan fingerprint density at radius 2 is 2.16 bits per heavy atom. The van der Waals surface area contributed by atoms with E-state index in [1.54, 1.807) is 6.07 Å². The highest BCUT2D eigenvalue weighted by Crippen LogP contribution is 2.20. The molecule has 0 aliphatic carbocycles. The van der Waals surface area contributed by atoms with Crippen LogP contribution in [0.4, 0.5) is 10.1 Å². The Labute approximate surface area is 111 Å². The summed E-state index contributed by atoms with van der Waals surface area (Å²) in [5.41, 5.74) is 0.273. The van der Waals surface area contributed by atoms with Crippen LogP contribution in [0.3, 0.4) is 0 Å². The van der Waals surface area contributed by atoms with Crippen molar-refractivity contribution in [3.63, 3.8) is 0 Å². The van der Waals surface area contributed by atoms with Gasteiger partial charge in [-0.1, -0.05) is 6.07 Å². The van der Waals surface area contributed by atoms with Crippen LogP contribution in [0.1, 0.15) is 18.4 Å². The fourth-order valence-corrected chi connectivity index (χ4v) is 2.34. The standard InChI is InChI=1S/C13H17FN2O3/c1-15(11-4-6-19-7-5-11)9-10-2-3-13(16(17)18)12(14)8-10/h2-3,8,11H,4-7,9H2,1H3. The number of nitro groups is 1. The molecule has 0 spiro atoms. The maximum absolute atomic E-state index is 13.5. The van der Waals surface area contributed by atoms with E-state index in [-0.39, 0.29) is 0 Å². The van der Waals surface area contributed by atoms with E-state index in [1.165, 1.54) is 12.1 Å². The smallest absolute Gasteiger partial charge is 0.304 e. The van der Waals surface area contributed by atoms with Crippen molar-refractivity contribution in [3.05, 3.63) is 39.7 Å². The molecular formula is C13H17FN2O3. The zero-order valence-electron chi connectivity index (χ0n) is 10.8. The van der Waals surface area contributed by atoms with E-state index in [1.807, 2.05) is 7.05 Å². The lowest BCUT2D eigenvalue weighted by atomic mass is 10.1. The van der Waals surface area contributed by atoms with Gasteiger partial charge >= 0.3 is 5.69 Å².